The van der Waals surface area contributed by atoms with Crippen LogP contribution >= 0.6 is 0 Å². The molecule has 2 aliphatic heterocycles. The highest BCUT2D eigenvalue weighted by molar-refractivity contribution is 7.90. The molecule has 2 heterocycles. The maximum Gasteiger partial charge on any atom is 0.408 e. The molecule has 0 unspecified atom stereocenters. The van der Waals surface area contributed by atoms with E-state index in [0.29, 0.717) is 31.4 Å². The molecule has 5 amide bonds. The van der Waals surface area contributed by atoms with Crippen molar-refractivity contribution in [1.82, 2.24) is 26.2 Å². The molecule has 3 rings (SSSR count). The lowest BCUT2D eigenvalue weighted by molar-refractivity contribution is -0.143. The second-order valence-electron chi connectivity index (χ2n) is 11.9. The van der Waals surface area contributed by atoms with Gasteiger partial charge in [-0.3, -0.25) is 19.2 Å². The molecular weight excluding hydrogens is 580 g/mol. The fourth-order valence-corrected chi connectivity index (χ4v) is 5.72. The summed E-state index contributed by atoms with van der Waals surface area (Å²) in [6.07, 6.45) is 1.65. The predicted molar refractivity (Wildman–Crippen MR) is 156 cm³/mol. The average molecular weight is 623 g/mol. The molecule has 0 aliphatic carbocycles. The summed E-state index contributed by atoms with van der Waals surface area (Å²) in [5.74, 6) is -2.20. The second kappa shape index (κ2) is 14.2. The van der Waals surface area contributed by atoms with Crippen LogP contribution in [0, 0.1) is 0 Å². The molecule has 0 saturated carbocycles. The molecule has 1 aromatic rings. The molecule has 2 fully saturated rings. The van der Waals surface area contributed by atoms with Crippen molar-refractivity contribution in [1.29, 1.82) is 0 Å². The minimum Gasteiger partial charge on any atom is -0.444 e. The molecule has 2 aliphatic rings. The summed E-state index contributed by atoms with van der Waals surface area (Å²) < 4.78 is 28.7. The Kier molecular flexibility index (Phi) is 11.1. The van der Waals surface area contributed by atoms with Crippen LogP contribution in [0.25, 0.3) is 0 Å². The lowest BCUT2D eigenvalue weighted by Crippen LogP contribution is -2.61. The number of ether oxygens (including phenoxy) is 1. The summed E-state index contributed by atoms with van der Waals surface area (Å²) in [5, 5.41) is 11.2. The molecule has 2 saturated heterocycles. The summed E-state index contributed by atoms with van der Waals surface area (Å²) >= 11 is 0. The summed E-state index contributed by atoms with van der Waals surface area (Å²) in [4.78, 5) is 65.8. The van der Waals surface area contributed by atoms with Crippen LogP contribution in [0.4, 0.5) is 4.79 Å². The Bertz CT molecular complexity index is 1310. The standard InChI is InChI=1S/C28H42N6O8S/c1-28(2,3)42-27(39)33-21-16-30-14-13-18-7-11-22(34(18)26(21)38)25(37)32-20(10-12-23(29)35)24(36)31-15-17-5-8-19(9-6-17)43(4,40)41/h5-6,8-9,18,20-22,30H,7,10-16H2,1-4H3,(H2,29,35)(H,31,36)(H,32,37)(H,33,39)/t18-,20+,21+,22+/m1/s1. The maximum absolute atomic E-state index is 13.6. The number of rotatable bonds is 10. The van der Waals surface area contributed by atoms with Gasteiger partial charge in [-0.1, -0.05) is 12.1 Å². The van der Waals surface area contributed by atoms with Gasteiger partial charge in [-0.25, -0.2) is 13.2 Å². The molecule has 43 heavy (non-hydrogen) atoms. The van der Waals surface area contributed by atoms with Crippen LogP contribution in [-0.4, -0.2) is 92.2 Å². The SMILES string of the molecule is CC(C)(C)OC(=O)N[C@H]1CNCC[C@H]2CC[C@@H](C(=O)N[C@@H](CCC(N)=O)C(=O)NCc3ccc(S(C)(=O)=O)cc3)N2C1=O. The maximum atomic E-state index is 13.6. The van der Waals surface area contributed by atoms with Crippen molar-refractivity contribution < 1.29 is 37.1 Å². The number of nitrogens with zero attached hydrogens (tertiary/aromatic N) is 1. The van der Waals surface area contributed by atoms with E-state index in [1.54, 1.807) is 32.9 Å². The second-order valence-corrected chi connectivity index (χ2v) is 13.9. The van der Waals surface area contributed by atoms with Gasteiger partial charge in [0.2, 0.25) is 23.6 Å². The van der Waals surface area contributed by atoms with Crippen molar-refractivity contribution in [2.24, 2.45) is 5.73 Å². The van der Waals surface area contributed by atoms with E-state index in [1.165, 1.54) is 17.0 Å². The molecule has 14 nitrogen and oxygen atoms in total. The molecule has 0 spiro atoms. The zero-order valence-corrected chi connectivity index (χ0v) is 25.8. The van der Waals surface area contributed by atoms with Gasteiger partial charge in [-0.05, 0) is 70.7 Å². The van der Waals surface area contributed by atoms with Crippen molar-refractivity contribution in [2.75, 3.05) is 19.3 Å². The lowest BCUT2D eigenvalue weighted by Gasteiger charge is -2.36. The van der Waals surface area contributed by atoms with Gasteiger partial charge in [-0.2, -0.15) is 0 Å². The molecule has 6 N–H and O–H groups in total. The van der Waals surface area contributed by atoms with Crippen LogP contribution in [0.2, 0.25) is 0 Å². The number of sulfone groups is 1. The third-order valence-electron chi connectivity index (χ3n) is 7.18. The Morgan fingerprint density at radius 1 is 1.12 bits per heavy atom. The van der Waals surface area contributed by atoms with Gasteiger partial charge >= 0.3 is 6.09 Å². The number of hydrogen-bond acceptors (Lipinski definition) is 9. The summed E-state index contributed by atoms with van der Waals surface area (Å²) in [6, 6.07) is 2.79. The molecule has 0 radical (unpaired) electrons. The highest BCUT2D eigenvalue weighted by atomic mass is 32.2. The number of nitrogens with one attached hydrogen (secondary N) is 4. The zero-order chi connectivity index (χ0) is 31.9. The van der Waals surface area contributed by atoms with E-state index < -0.39 is 63.3 Å². The number of alkyl carbamates (subject to hydrolysis) is 1. The topological polar surface area (TPSA) is 206 Å². The van der Waals surface area contributed by atoms with E-state index in [9.17, 15) is 32.4 Å². The Balaban J connectivity index is 1.71. The number of hydrogen-bond donors (Lipinski definition) is 5. The molecular formula is C28H42N6O8S. The number of primary amides is 1. The minimum absolute atomic E-state index is 0.0486. The van der Waals surface area contributed by atoms with Crippen LogP contribution in [-0.2, 0) is 40.3 Å². The fourth-order valence-electron chi connectivity index (χ4n) is 5.09. The van der Waals surface area contributed by atoms with E-state index in [0.717, 1.165) is 6.26 Å². The third kappa shape index (κ3) is 9.92. The summed E-state index contributed by atoms with van der Waals surface area (Å²) in [7, 11) is -3.37. The van der Waals surface area contributed by atoms with Crippen LogP contribution in [0.15, 0.2) is 29.2 Å². The van der Waals surface area contributed by atoms with Crippen LogP contribution < -0.4 is 27.0 Å². The van der Waals surface area contributed by atoms with Crippen molar-refractivity contribution in [3.63, 3.8) is 0 Å². The zero-order valence-electron chi connectivity index (χ0n) is 25.0. The van der Waals surface area contributed by atoms with E-state index >= 15 is 0 Å². The van der Waals surface area contributed by atoms with Crippen molar-refractivity contribution in [2.45, 2.75) is 94.1 Å². The van der Waals surface area contributed by atoms with Gasteiger partial charge in [-0.15, -0.1) is 0 Å². The number of nitrogens with two attached hydrogens (primary N) is 1. The van der Waals surface area contributed by atoms with Crippen LogP contribution in [0.1, 0.15) is 58.4 Å². The first-order valence-corrected chi connectivity index (χ1v) is 16.1. The van der Waals surface area contributed by atoms with Crippen molar-refractivity contribution in [3.05, 3.63) is 29.8 Å². The number of benzene rings is 1. The van der Waals surface area contributed by atoms with Crippen molar-refractivity contribution in [3.8, 4) is 0 Å². The Labute approximate surface area is 251 Å². The fraction of sp³-hybridized carbons (Fsp3) is 0.607. The summed E-state index contributed by atoms with van der Waals surface area (Å²) in [6.45, 7) is 5.91. The number of carbonyl (C=O) groups is 5. The van der Waals surface area contributed by atoms with Gasteiger partial charge in [0.1, 0.15) is 23.7 Å². The van der Waals surface area contributed by atoms with Gasteiger partial charge in [0.25, 0.3) is 0 Å². The van der Waals surface area contributed by atoms with E-state index in [-0.39, 0.29) is 36.9 Å². The highest BCUT2D eigenvalue weighted by Crippen LogP contribution is 2.28. The van der Waals surface area contributed by atoms with E-state index in [2.05, 4.69) is 21.3 Å². The van der Waals surface area contributed by atoms with Crippen molar-refractivity contribution >= 4 is 39.6 Å². The first kappa shape index (κ1) is 33.8. The average Bonchev–Trinajstić information content (AvgIpc) is 3.32. The minimum atomic E-state index is -3.37. The lowest BCUT2D eigenvalue weighted by atomic mass is 10.1. The smallest absolute Gasteiger partial charge is 0.408 e. The largest absolute Gasteiger partial charge is 0.444 e. The molecule has 15 heteroatoms. The van der Waals surface area contributed by atoms with Gasteiger partial charge in [0.05, 0.1) is 4.90 Å². The normalized spacial score (nSPS) is 21.5. The summed E-state index contributed by atoms with van der Waals surface area (Å²) in [5.41, 5.74) is 5.17. The van der Waals surface area contributed by atoms with E-state index in [1.807, 2.05) is 0 Å². The monoisotopic (exact) mass is 622 g/mol. The van der Waals surface area contributed by atoms with E-state index in [4.69, 9.17) is 10.5 Å². The first-order chi connectivity index (χ1) is 20.0. The van der Waals surface area contributed by atoms with Gasteiger partial charge in [0, 0.05) is 31.8 Å². The number of amides is 5. The Morgan fingerprint density at radius 3 is 2.40 bits per heavy atom. The Morgan fingerprint density at radius 2 is 1.79 bits per heavy atom. The van der Waals surface area contributed by atoms with Crippen LogP contribution in [0.5, 0.6) is 0 Å². The van der Waals surface area contributed by atoms with Gasteiger partial charge in [0.15, 0.2) is 9.84 Å². The predicted octanol–water partition coefficient (Wildman–Crippen LogP) is -0.297. The molecule has 4 atom stereocenters. The van der Waals surface area contributed by atoms with Crippen LogP contribution in [0.3, 0.4) is 0 Å². The first-order valence-electron chi connectivity index (χ1n) is 14.2. The molecule has 0 aromatic heterocycles. The molecule has 1 aromatic carbocycles. The Hall–Kier alpha value is -3.72. The quantitative estimate of drug-likeness (QED) is 0.232. The highest BCUT2D eigenvalue weighted by Gasteiger charge is 2.44. The van der Waals surface area contributed by atoms with Gasteiger partial charge < -0.3 is 36.6 Å². The third-order valence-corrected chi connectivity index (χ3v) is 8.31. The number of carbonyl (C=O) groups excluding carboxylic acids is 5. The molecule has 0 bridgehead atoms. The molecule has 238 valence electrons. The number of fused-ring (bicyclic) bond motifs is 1.